The highest BCUT2D eigenvalue weighted by Gasteiger charge is 2.15. The van der Waals surface area contributed by atoms with E-state index in [2.05, 4.69) is 10.4 Å². The lowest BCUT2D eigenvalue weighted by atomic mass is 10.2. The number of hydrogen-bond acceptors (Lipinski definition) is 5. The number of aliphatic hydroxyl groups is 1. The first-order chi connectivity index (χ1) is 9.09. The summed E-state index contributed by atoms with van der Waals surface area (Å²) >= 11 is 1.53. The molecule has 7 heteroatoms. The molecule has 2 heterocycles. The standard InChI is InChI=1S/C12H15N3O3S/c1-15-10(9(4-14-15)12(17)18)5-13-6-11(16)8-2-3-19-7-8/h2-4,7,11,13,16H,5-6H2,1H3,(H,17,18). The van der Waals surface area contributed by atoms with Gasteiger partial charge in [-0.15, -0.1) is 0 Å². The maximum absolute atomic E-state index is 11.0. The van der Waals surface area contributed by atoms with Crippen LogP contribution in [0.3, 0.4) is 0 Å². The van der Waals surface area contributed by atoms with Gasteiger partial charge in [0.05, 0.1) is 18.0 Å². The van der Waals surface area contributed by atoms with E-state index >= 15 is 0 Å². The molecule has 0 saturated carbocycles. The molecule has 102 valence electrons. The van der Waals surface area contributed by atoms with E-state index < -0.39 is 12.1 Å². The van der Waals surface area contributed by atoms with Gasteiger partial charge in [0.1, 0.15) is 5.56 Å². The fourth-order valence-electron chi connectivity index (χ4n) is 1.76. The Morgan fingerprint density at radius 3 is 3.05 bits per heavy atom. The second-order valence-corrected chi connectivity index (χ2v) is 4.92. The molecule has 0 fully saturated rings. The van der Waals surface area contributed by atoms with Crippen LogP contribution in [0.4, 0.5) is 0 Å². The molecule has 2 rings (SSSR count). The molecule has 0 aliphatic carbocycles. The number of thiophene rings is 1. The molecule has 2 aromatic rings. The number of aryl methyl sites for hydroxylation is 1. The summed E-state index contributed by atoms with van der Waals surface area (Å²) in [5.41, 5.74) is 1.63. The Morgan fingerprint density at radius 2 is 2.42 bits per heavy atom. The number of aliphatic hydroxyl groups excluding tert-OH is 1. The van der Waals surface area contributed by atoms with Crippen molar-refractivity contribution in [3.05, 3.63) is 39.8 Å². The van der Waals surface area contributed by atoms with Crippen molar-refractivity contribution in [1.29, 1.82) is 0 Å². The molecule has 1 atom stereocenters. The van der Waals surface area contributed by atoms with Crippen LogP contribution in [0.5, 0.6) is 0 Å². The summed E-state index contributed by atoms with van der Waals surface area (Å²) in [5.74, 6) is -0.997. The third-order valence-corrected chi connectivity index (χ3v) is 3.55. The number of aromatic carboxylic acids is 1. The van der Waals surface area contributed by atoms with Gasteiger partial charge in [-0.25, -0.2) is 4.79 Å². The monoisotopic (exact) mass is 281 g/mol. The van der Waals surface area contributed by atoms with Crippen molar-refractivity contribution >= 4 is 17.3 Å². The van der Waals surface area contributed by atoms with Gasteiger partial charge in [-0.05, 0) is 22.4 Å². The van der Waals surface area contributed by atoms with Crippen LogP contribution in [0.1, 0.15) is 27.7 Å². The highest BCUT2D eigenvalue weighted by Crippen LogP contribution is 2.15. The summed E-state index contributed by atoms with van der Waals surface area (Å²) in [5, 5.41) is 29.7. The van der Waals surface area contributed by atoms with E-state index in [4.69, 9.17) is 5.11 Å². The van der Waals surface area contributed by atoms with E-state index in [1.54, 1.807) is 7.05 Å². The summed E-state index contributed by atoms with van der Waals surface area (Å²) in [7, 11) is 1.69. The summed E-state index contributed by atoms with van der Waals surface area (Å²) in [6.45, 7) is 0.709. The highest BCUT2D eigenvalue weighted by atomic mass is 32.1. The first-order valence-corrected chi connectivity index (χ1v) is 6.69. The number of aromatic nitrogens is 2. The van der Waals surface area contributed by atoms with Gasteiger partial charge in [-0.2, -0.15) is 16.4 Å². The minimum absolute atomic E-state index is 0.181. The third-order valence-electron chi connectivity index (χ3n) is 2.85. The van der Waals surface area contributed by atoms with Crippen molar-refractivity contribution in [3.8, 4) is 0 Å². The molecular formula is C12H15N3O3S. The molecule has 6 nitrogen and oxygen atoms in total. The number of nitrogens with zero attached hydrogens (tertiary/aromatic N) is 2. The quantitative estimate of drug-likeness (QED) is 0.735. The molecule has 0 saturated heterocycles. The van der Waals surface area contributed by atoms with Crippen LogP contribution in [0.25, 0.3) is 0 Å². The van der Waals surface area contributed by atoms with Crippen LogP contribution in [0, 0.1) is 0 Å². The summed E-state index contributed by atoms with van der Waals surface area (Å²) < 4.78 is 1.52. The molecule has 0 amide bonds. The van der Waals surface area contributed by atoms with Gasteiger partial charge in [0.2, 0.25) is 0 Å². The van der Waals surface area contributed by atoms with E-state index in [0.717, 1.165) is 5.56 Å². The molecule has 2 aromatic heterocycles. The Kier molecular flexibility index (Phi) is 4.31. The topological polar surface area (TPSA) is 87.4 Å². The number of nitrogens with one attached hydrogen (secondary N) is 1. The van der Waals surface area contributed by atoms with Crippen molar-refractivity contribution in [2.24, 2.45) is 7.05 Å². The van der Waals surface area contributed by atoms with Crippen molar-refractivity contribution < 1.29 is 15.0 Å². The normalized spacial score (nSPS) is 12.5. The minimum Gasteiger partial charge on any atom is -0.478 e. The summed E-state index contributed by atoms with van der Waals surface area (Å²) in [6, 6.07) is 1.86. The van der Waals surface area contributed by atoms with Gasteiger partial charge < -0.3 is 15.5 Å². The zero-order chi connectivity index (χ0) is 13.8. The molecule has 0 radical (unpaired) electrons. The largest absolute Gasteiger partial charge is 0.478 e. The zero-order valence-corrected chi connectivity index (χ0v) is 11.2. The molecular weight excluding hydrogens is 266 g/mol. The lowest BCUT2D eigenvalue weighted by molar-refractivity contribution is 0.0695. The van der Waals surface area contributed by atoms with Gasteiger partial charge in [-0.1, -0.05) is 0 Å². The van der Waals surface area contributed by atoms with Crippen molar-refractivity contribution in [2.75, 3.05) is 6.54 Å². The van der Waals surface area contributed by atoms with Crippen LogP contribution in [-0.2, 0) is 13.6 Å². The molecule has 1 unspecified atom stereocenters. The van der Waals surface area contributed by atoms with E-state index in [0.29, 0.717) is 18.8 Å². The fraction of sp³-hybridized carbons (Fsp3) is 0.333. The molecule has 0 aliphatic heterocycles. The van der Waals surface area contributed by atoms with Crippen molar-refractivity contribution in [2.45, 2.75) is 12.6 Å². The molecule has 0 aromatic carbocycles. The predicted octanol–water partition coefficient (Wildman–Crippen LogP) is 1.00. The van der Waals surface area contributed by atoms with Gasteiger partial charge in [-0.3, -0.25) is 4.68 Å². The van der Waals surface area contributed by atoms with Crippen LogP contribution in [0.15, 0.2) is 23.0 Å². The average Bonchev–Trinajstić information content (AvgIpc) is 2.99. The maximum atomic E-state index is 11.0. The van der Waals surface area contributed by atoms with Gasteiger partial charge in [0.25, 0.3) is 0 Å². The van der Waals surface area contributed by atoms with Crippen LogP contribution < -0.4 is 5.32 Å². The number of carboxylic acid groups (broad SMARTS) is 1. The lowest BCUT2D eigenvalue weighted by Gasteiger charge is -2.11. The molecule has 19 heavy (non-hydrogen) atoms. The lowest BCUT2D eigenvalue weighted by Crippen LogP contribution is -2.23. The van der Waals surface area contributed by atoms with Gasteiger partial charge >= 0.3 is 5.97 Å². The van der Waals surface area contributed by atoms with Gasteiger partial charge in [0, 0.05) is 20.1 Å². The molecule has 0 aliphatic rings. The Hall–Kier alpha value is -1.70. The maximum Gasteiger partial charge on any atom is 0.339 e. The first-order valence-electron chi connectivity index (χ1n) is 5.74. The molecule has 0 bridgehead atoms. The second kappa shape index (κ2) is 5.96. The Labute approximate surface area is 114 Å². The van der Waals surface area contributed by atoms with Crippen LogP contribution in [0.2, 0.25) is 0 Å². The Bertz CT molecular complexity index is 551. The van der Waals surface area contributed by atoms with Crippen LogP contribution in [-0.4, -0.2) is 32.5 Å². The minimum atomic E-state index is -0.997. The number of carbonyl (C=O) groups is 1. The predicted molar refractivity (Wildman–Crippen MR) is 71.2 cm³/mol. The number of carboxylic acids is 1. The molecule has 0 spiro atoms. The zero-order valence-electron chi connectivity index (χ0n) is 10.4. The first kappa shape index (κ1) is 13.7. The Morgan fingerprint density at radius 1 is 1.63 bits per heavy atom. The van der Waals surface area contributed by atoms with E-state index in [1.165, 1.54) is 22.2 Å². The SMILES string of the molecule is Cn1ncc(C(=O)O)c1CNCC(O)c1ccsc1. The van der Waals surface area contributed by atoms with E-state index in [-0.39, 0.29) is 5.56 Å². The van der Waals surface area contributed by atoms with Crippen LogP contribution >= 0.6 is 11.3 Å². The number of rotatable bonds is 6. The number of hydrogen-bond donors (Lipinski definition) is 3. The van der Waals surface area contributed by atoms with E-state index in [1.807, 2.05) is 16.8 Å². The average molecular weight is 281 g/mol. The fourth-order valence-corrected chi connectivity index (χ4v) is 2.47. The molecule has 3 N–H and O–H groups in total. The highest BCUT2D eigenvalue weighted by molar-refractivity contribution is 7.07. The van der Waals surface area contributed by atoms with Gasteiger partial charge in [0.15, 0.2) is 0 Å². The van der Waals surface area contributed by atoms with E-state index in [9.17, 15) is 9.90 Å². The smallest absolute Gasteiger partial charge is 0.339 e. The second-order valence-electron chi connectivity index (χ2n) is 4.14. The summed E-state index contributed by atoms with van der Waals surface area (Å²) in [4.78, 5) is 11.0. The van der Waals surface area contributed by atoms with Crippen molar-refractivity contribution in [3.63, 3.8) is 0 Å². The Balaban J connectivity index is 1.93. The third kappa shape index (κ3) is 3.19. The summed E-state index contributed by atoms with van der Waals surface area (Å²) in [6.07, 6.45) is 0.738. The van der Waals surface area contributed by atoms with Crippen molar-refractivity contribution in [1.82, 2.24) is 15.1 Å².